The van der Waals surface area contributed by atoms with Gasteiger partial charge in [0, 0.05) is 25.8 Å². The number of hydrogen-bond acceptors (Lipinski definition) is 4. The Morgan fingerprint density at radius 3 is 2.72 bits per heavy atom. The number of amides is 1. The van der Waals surface area contributed by atoms with E-state index in [2.05, 4.69) is 19.2 Å². The molecule has 1 N–H and O–H groups in total. The van der Waals surface area contributed by atoms with Crippen LogP contribution in [0.3, 0.4) is 0 Å². The predicted molar refractivity (Wildman–Crippen MR) is 118 cm³/mol. The Kier molecular flexibility index (Phi) is 8.80. The summed E-state index contributed by atoms with van der Waals surface area (Å²) >= 11 is 6.39. The van der Waals surface area contributed by atoms with Crippen LogP contribution in [0, 0.1) is 5.92 Å². The van der Waals surface area contributed by atoms with E-state index in [1.54, 1.807) is 19.2 Å². The molecule has 0 aromatic heterocycles. The fourth-order valence-electron chi connectivity index (χ4n) is 3.65. The average Bonchev–Trinajstić information content (AvgIpc) is 2.68. The topological polar surface area (TPSA) is 56.8 Å². The van der Waals surface area contributed by atoms with Crippen molar-refractivity contribution in [3.8, 4) is 5.75 Å². The van der Waals surface area contributed by atoms with E-state index >= 15 is 0 Å². The Balaban J connectivity index is 2.02. The van der Waals surface area contributed by atoms with E-state index in [0.717, 1.165) is 38.5 Å². The summed E-state index contributed by atoms with van der Waals surface area (Å²) < 4.78 is 17.3. The lowest BCUT2D eigenvalue weighted by atomic mass is 9.78. The van der Waals surface area contributed by atoms with Crippen molar-refractivity contribution in [2.24, 2.45) is 5.92 Å². The number of benzene rings is 1. The molecule has 1 aromatic carbocycles. The van der Waals surface area contributed by atoms with Crippen molar-refractivity contribution in [1.82, 2.24) is 0 Å². The fourth-order valence-corrected chi connectivity index (χ4v) is 3.89. The van der Waals surface area contributed by atoms with Gasteiger partial charge in [0.25, 0.3) is 5.91 Å². The molecule has 1 aliphatic carbocycles. The molecule has 0 bridgehead atoms. The molecule has 2 rings (SSSR count). The third-order valence-electron chi connectivity index (χ3n) is 5.66. The van der Waals surface area contributed by atoms with Crippen LogP contribution < -0.4 is 10.1 Å². The van der Waals surface area contributed by atoms with Crippen LogP contribution in [-0.2, 0) is 14.3 Å². The van der Waals surface area contributed by atoms with Crippen molar-refractivity contribution >= 4 is 23.2 Å². The minimum absolute atomic E-state index is 0.0796. The average molecular weight is 426 g/mol. The zero-order valence-electron chi connectivity index (χ0n) is 18.5. The van der Waals surface area contributed by atoms with Gasteiger partial charge in [-0.1, -0.05) is 31.9 Å². The minimum Gasteiger partial charge on any atom is -0.492 e. The van der Waals surface area contributed by atoms with Gasteiger partial charge in [0.1, 0.15) is 11.4 Å². The number of methoxy groups -OCH3 is 1. The van der Waals surface area contributed by atoms with Gasteiger partial charge in [-0.3, -0.25) is 4.79 Å². The second-order valence-corrected chi connectivity index (χ2v) is 9.11. The molecule has 0 spiro atoms. The maximum absolute atomic E-state index is 13.1. The predicted octanol–water partition coefficient (Wildman–Crippen LogP) is 5.85. The molecule has 0 heterocycles. The zero-order valence-corrected chi connectivity index (χ0v) is 19.2. The molecule has 0 unspecified atom stereocenters. The molecule has 1 saturated carbocycles. The Morgan fingerprint density at radius 1 is 1.34 bits per heavy atom. The van der Waals surface area contributed by atoms with Crippen molar-refractivity contribution in [3.63, 3.8) is 0 Å². The van der Waals surface area contributed by atoms with E-state index in [1.165, 1.54) is 0 Å². The van der Waals surface area contributed by atoms with Crippen LogP contribution >= 0.6 is 11.6 Å². The number of carbonyl (C=O) groups excluding carboxylic acids is 1. The van der Waals surface area contributed by atoms with E-state index < -0.39 is 5.60 Å². The number of carbonyl (C=O) groups is 1. The molecule has 1 aromatic rings. The molecule has 1 amide bonds. The van der Waals surface area contributed by atoms with Gasteiger partial charge >= 0.3 is 0 Å². The van der Waals surface area contributed by atoms with Crippen molar-refractivity contribution in [2.75, 3.05) is 25.6 Å². The van der Waals surface area contributed by atoms with Crippen molar-refractivity contribution in [1.29, 1.82) is 0 Å². The Morgan fingerprint density at radius 2 is 2.10 bits per heavy atom. The first kappa shape index (κ1) is 24.0. The lowest BCUT2D eigenvalue weighted by Gasteiger charge is -2.38. The zero-order chi connectivity index (χ0) is 21.5. The van der Waals surface area contributed by atoms with Gasteiger partial charge in [0.15, 0.2) is 0 Å². The molecule has 0 aliphatic heterocycles. The van der Waals surface area contributed by atoms with Gasteiger partial charge in [0.05, 0.1) is 17.2 Å². The summed E-state index contributed by atoms with van der Waals surface area (Å²) in [6.07, 6.45) is 5.29. The second-order valence-electron chi connectivity index (χ2n) is 8.71. The lowest BCUT2D eigenvalue weighted by molar-refractivity contribution is -0.148. The van der Waals surface area contributed by atoms with Crippen LogP contribution in [0.5, 0.6) is 5.75 Å². The second kappa shape index (κ2) is 10.6. The third-order valence-corrected chi connectivity index (χ3v) is 5.95. The van der Waals surface area contributed by atoms with Crippen molar-refractivity contribution in [2.45, 2.75) is 77.4 Å². The molecular weight excluding hydrogens is 390 g/mol. The highest BCUT2D eigenvalue weighted by Gasteiger charge is 2.42. The summed E-state index contributed by atoms with van der Waals surface area (Å²) in [5.74, 6) is 0.992. The summed E-state index contributed by atoms with van der Waals surface area (Å²) in [6.45, 7) is 9.36. The molecule has 29 heavy (non-hydrogen) atoms. The van der Waals surface area contributed by atoms with Crippen LogP contribution in [-0.4, -0.2) is 37.4 Å². The van der Waals surface area contributed by atoms with Gasteiger partial charge in [-0.25, -0.2) is 0 Å². The van der Waals surface area contributed by atoms with E-state index in [4.69, 9.17) is 25.8 Å². The lowest BCUT2D eigenvalue weighted by Crippen LogP contribution is -2.48. The first-order valence-electron chi connectivity index (χ1n) is 10.6. The Labute approximate surface area is 180 Å². The molecule has 2 atom stereocenters. The van der Waals surface area contributed by atoms with Gasteiger partial charge in [-0.15, -0.1) is 0 Å². The van der Waals surface area contributed by atoms with Crippen LogP contribution in [0.2, 0.25) is 5.02 Å². The molecule has 6 heteroatoms. The quantitative estimate of drug-likeness (QED) is 0.511. The van der Waals surface area contributed by atoms with E-state index in [9.17, 15) is 4.79 Å². The molecule has 5 nitrogen and oxygen atoms in total. The summed E-state index contributed by atoms with van der Waals surface area (Å²) in [5.41, 5.74) is -0.340. The highest BCUT2D eigenvalue weighted by atomic mass is 35.5. The van der Waals surface area contributed by atoms with Crippen LogP contribution in [0.4, 0.5) is 5.69 Å². The third kappa shape index (κ3) is 6.87. The van der Waals surface area contributed by atoms with Crippen LogP contribution in [0.1, 0.15) is 66.2 Å². The largest absolute Gasteiger partial charge is 0.492 e. The maximum atomic E-state index is 13.1. The van der Waals surface area contributed by atoms with E-state index in [0.29, 0.717) is 35.6 Å². The first-order valence-corrected chi connectivity index (χ1v) is 11.0. The molecule has 0 radical (unpaired) electrons. The van der Waals surface area contributed by atoms with E-state index in [-0.39, 0.29) is 11.5 Å². The normalized spacial score (nSPS) is 22.3. The fraction of sp³-hybridized carbons (Fsp3) is 0.696. The first-order chi connectivity index (χ1) is 13.7. The van der Waals surface area contributed by atoms with E-state index in [1.807, 2.05) is 19.9 Å². The van der Waals surface area contributed by atoms with Gasteiger partial charge in [-0.2, -0.15) is 0 Å². The van der Waals surface area contributed by atoms with Gasteiger partial charge in [0.2, 0.25) is 0 Å². The summed E-state index contributed by atoms with van der Waals surface area (Å²) in [5, 5.41) is 3.49. The maximum Gasteiger partial charge on any atom is 0.256 e. The molecule has 164 valence electrons. The highest BCUT2D eigenvalue weighted by molar-refractivity contribution is 6.32. The van der Waals surface area contributed by atoms with Gasteiger partial charge < -0.3 is 19.5 Å². The molecule has 1 fully saturated rings. The summed E-state index contributed by atoms with van der Waals surface area (Å²) in [4.78, 5) is 13.1. The van der Waals surface area contributed by atoms with Crippen LogP contribution in [0.15, 0.2) is 18.2 Å². The molecule has 1 aliphatic rings. The Hall–Kier alpha value is -1.30. The number of rotatable bonds is 10. The Bertz CT molecular complexity index is 679. The smallest absolute Gasteiger partial charge is 0.256 e. The summed E-state index contributed by atoms with van der Waals surface area (Å²) in [6, 6.07) is 5.34. The number of anilines is 1. The monoisotopic (exact) mass is 425 g/mol. The van der Waals surface area contributed by atoms with Gasteiger partial charge in [-0.05, 0) is 63.6 Å². The van der Waals surface area contributed by atoms with Crippen molar-refractivity contribution < 1.29 is 19.0 Å². The number of nitrogens with one attached hydrogen (secondary N) is 1. The standard InChI is InChI=1S/C23H36ClNO4/c1-6-13-29-23(11-7-8-17(2)16-23)21(26)25-18-9-10-20(19(24)15-18)28-14-12-22(3,4)27-5/h9-10,15,17H,6-8,11-14,16H2,1-5H3,(H,25,26)/t17-,23+/m0/s1. The SMILES string of the molecule is CCCO[C@]1(C(=O)Nc2ccc(OCCC(C)(C)OC)c(Cl)c2)CCC[C@H](C)C1. The molecule has 0 saturated heterocycles. The summed E-state index contributed by atoms with van der Waals surface area (Å²) in [7, 11) is 1.69. The highest BCUT2D eigenvalue weighted by Crippen LogP contribution is 2.37. The van der Waals surface area contributed by atoms with Crippen molar-refractivity contribution in [3.05, 3.63) is 23.2 Å². The molecular formula is C23H36ClNO4. The van der Waals surface area contributed by atoms with Crippen LogP contribution in [0.25, 0.3) is 0 Å². The number of halogens is 1. The number of hydrogen-bond donors (Lipinski definition) is 1. The number of ether oxygens (including phenoxy) is 3. The minimum atomic E-state index is -0.749.